The number of piperidine rings is 1. The Morgan fingerprint density at radius 1 is 1.56 bits per heavy atom. The summed E-state index contributed by atoms with van der Waals surface area (Å²) in [6.07, 6.45) is 4.73. The van der Waals surface area contributed by atoms with Crippen molar-refractivity contribution in [1.82, 2.24) is 15.2 Å². The fourth-order valence-corrected chi connectivity index (χ4v) is 3.80. The fraction of sp³-hybridized carbons (Fsp3) is 0.750. The van der Waals surface area contributed by atoms with E-state index in [1.165, 1.54) is 42.4 Å². The molecule has 0 aliphatic carbocycles. The van der Waals surface area contributed by atoms with Gasteiger partial charge in [-0.1, -0.05) is 0 Å². The zero-order valence-corrected chi connectivity index (χ0v) is 10.6. The number of likely N-dealkylation sites (tertiary alicyclic amines) is 1. The predicted molar refractivity (Wildman–Crippen MR) is 66.6 cm³/mol. The summed E-state index contributed by atoms with van der Waals surface area (Å²) in [6, 6.07) is 0.805. The van der Waals surface area contributed by atoms with Crippen LogP contribution in [0.15, 0.2) is 6.20 Å². The maximum atomic E-state index is 4.33. The van der Waals surface area contributed by atoms with Gasteiger partial charge in [-0.05, 0) is 32.2 Å². The lowest BCUT2D eigenvalue weighted by atomic mass is 9.93. The third-order valence-corrected chi connectivity index (χ3v) is 4.69. The maximum absolute atomic E-state index is 4.33. The fourth-order valence-electron chi connectivity index (χ4n) is 2.97. The van der Waals surface area contributed by atoms with Gasteiger partial charge in [-0.3, -0.25) is 4.90 Å². The summed E-state index contributed by atoms with van der Waals surface area (Å²) in [7, 11) is 0. The van der Waals surface area contributed by atoms with Gasteiger partial charge in [0, 0.05) is 36.8 Å². The third-order valence-electron chi connectivity index (χ3n) is 3.79. The molecule has 1 aromatic rings. The first-order valence-electron chi connectivity index (χ1n) is 6.18. The number of hydrogen-bond donors (Lipinski definition) is 1. The molecular formula is C12H19N3S. The van der Waals surface area contributed by atoms with Crippen LogP contribution in [-0.4, -0.2) is 35.6 Å². The van der Waals surface area contributed by atoms with Crippen LogP contribution in [0.1, 0.15) is 22.7 Å². The van der Waals surface area contributed by atoms with Crippen molar-refractivity contribution in [1.29, 1.82) is 0 Å². The standard InChI is InChI=1S/C12H19N3S/c1-9-14-6-11(16-9)8-15-5-3-12-10(7-15)2-4-13-12/h6,10,12-13H,2-5,7-8H2,1H3. The molecule has 2 saturated heterocycles. The largest absolute Gasteiger partial charge is 0.314 e. The molecule has 2 unspecified atom stereocenters. The van der Waals surface area contributed by atoms with Crippen molar-refractivity contribution in [3.63, 3.8) is 0 Å². The molecule has 0 amide bonds. The van der Waals surface area contributed by atoms with Crippen LogP contribution in [0.2, 0.25) is 0 Å². The van der Waals surface area contributed by atoms with Gasteiger partial charge in [-0.15, -0.1) is 11.3 Å². The lowest BCUT2D eigenvalue weighted by molar-refractivity contribution is 0.157. The number of nitrogens with one attached hydrogen (secondary N) is 1. The second-order valence-corrected chi connectivity index (χ2v) is 6.30. The molecule has 4 heteroatoms. The average Bonchev–Trinajstić information content (AvgIpc) is 2.87. The molecule has 3 heterocycles. The number of aryl methyl sites for hydroxylation is 1. The Kier molecular flexibility index (Phi) is 2.96. The summed E-state index contributed by atoms with van der Waals surface area (Å²) in [5.41, 5.74) is 0. The van der Waals surface area contributed by atoms with E-state index in [1.807, 2.05) is 17.5 Å². The van der Waals surface area contributed by atoms with Crippen LogP contribution < -0.4 is 5.32 Å². The van der Waals surface area contributed by atoms with Gasteiger partial charge in [-0.25, -0.2) is 4.98 Å². The van der Waals surface area contributed by atoms with E-state index in [0.29, 0.717) is 0 Å². The van der Waals surface area contributed by atoms with Crippen molar-refractivity contribution in [3.05, 3.63) is 16.1 Å². The zero-order chi connectivity index (χ0) is 11.0. The van der Waals surface area contributed by atoms with Crippen molar-refractivity contribution in [3.8, 4) is 0 Å². The summed E-state index contributed by atoms with van der Waals surface area (Å²) >= 11 is 1.84. The van der Waals surface area contributed by atoms with Crippen LogP contribution >= 0.6 is 11.3 Å². The SMILES string of the molecule is Cc1ncc(CN2CCC3NCCC3C2)s1. The molecule has 1 N–H and O–H groups in total. The van der Waals surface area contributed by atoms with Crippen molar-refractivity contribution < 1.29 is 0 Å². The molecule has 0 spiro atoms. The molecule has 2 aliphatic heterocycles. The normalized spacial score (nSPS) is 30.6. The zero-order valence-electron chi connectivity index (χ0n) is 9.78. The van der Waals surface area contributed by atoms with Gasteiger partial charge in [0.2, 0.25) is 0 Å². The highest BCUT2D eigenvalue weighted by Gasteiger charge is 2.32. The van der Waals surface area contributed by atoms with Crippen LogP contribution in [0.5, 0.6) is 0 Å². The first-order chi connectivity index (χ1) is 7.81. The van der Waals surface area contributed by atoms with Crippen molar-refractivity contribution in [2.24, 2.45) is 5.92 Å². The summed E-state index contributed by atoms with van der Waals surface area (Å²) in [6.45, 7) is 6.93. The summed E-state index contributed by atoms with van der Waals surface area (Å²) in [5.74, 6) is 0.891. The molecule has 2 aliphatic rings. The van der Waals surface area contributed by atoms with Crippen molar-refractivity contribution >= 4 is 11.3 Å². The molecule has 0 aromatic carbocycles. The number of fused-ring (bicyclic) bond motifs is 1. The van der Waals surface area contributed by atoms with E-state index in [4.69, 9.17) is 0 Å². The van der Waals surface area contributed by atoms with Crippen LogP contribution in [0.25, 0.3) is 0 Å². The monoisotopic (exact) mass is 237 g/mol. The number of rotatable bonds is 2. The van der Waals surface area contributed by atoms with E-state index in [9.17, 15) is 0 Å². The molecule has 0 radical (unpaired) electrons. The molecule has 3 rings (SSSR count). The van der Waals surface area contributed by atoms with E-state index >= 15 is 0 Å². The molecule has 88 valence electrons. The topological polar surface area (TPSA) is 28.2 Å². The minimum absolute atomic E-state index is 0.805. The highest BCUT2D eigenvalue weighted by Crippen LogP contribution is 2.26. The minimum Gasteiger partial charge on any atom is -0.314 e. The number of thiazole rings is 1. The Hall–Kier alpha value is -0.450. The van der Waals surface area contributed by atoms with Gasteiger partial charge >= 0.3 is 0 Å². The summed E-state index contributed by atoms with van der Waals surface area (Å²) in [4.78, 5) is 8.34. The first-order valence-corrected chi connectivity index (χ1v) is 7.00. The third kappa shape index (κ3) is 2.14. The highest BCUT2D eigenvalue weighted by atomic mass is 32.1. The minimum atomic E-state index is 0.805. The Morgan fingerprint density at radius 2 is 2.50 bits per heavy atom. The van der Waals surface area contributed by atoms with Crippen molar-refractivity contribution in [2.45, 2.75) is 32.4 Å². The number of hydrogen-bond acceptors (Lipinski definition) is 4. The average molecular weight is 237 g/mol. The Morgan fingerprint density at radius 3 is 3.31 bits per heavy atom. The second-order valence-electron chi connectivity index (χ2n) is 4.98. The van der Waals surface area contributed by atoms with Gasteiger partial charge in [0.05, 0.1) is 5.01 Å². The maximum Gasteiger partial charge on any atom is 0.0897 e. The van der Waals surface area contributed by atoms with E-state index in [1.54, 1.807) is 0 Å². The quantitative estimate of drug-likeness (QED) is 0.847. The second kappa shape index (κ2) is 4.43. The Balaban J connectivity index is 1.60. The van der Waals surface area contributed by atoms with Gasteiger partial charge in [0.25, 0.3) is 0 Å². The van der Waals surface area contributed by atoms with Crippen molar-refractivity contribution in [2.75, 3.05) is 19.6 Å². The molecule has 2 atom stereocenters. The molecule has 1 aromatic heterocycles. The van der Waals surface area contributed by atoms with E-state index in [2.05, 4.69) is 22.1 Å². The van der Waals surface area contributed by atoms with Gasteiger partial charge in [-0.2, -0.15) is 0 Å². The van der Waals surface area contributed by atoms with E-state index in [-0.39, 0.29) is 0 Å². The highest BCUT2D eigenvalue weighted by molar-refractivity contribution is 7.11. The van der Waals surface area contributed by atoms with Crippen LogP contribution in [0.3, 0.4) is 0 Å². The Labute approximate surface area is 101 Å². The van der Waals surface area contributed by atoms with Crippen LogP contribution in [0.4, 0.5) is 0 Å². The molecular weight excluding hydrogens is 218 g/mol. The van der Waals surface area contributed by atoms with Gasteiger partial charge in [0.15, 0.2) is 0 Å². The number of aromatic nitrogens is 1. The van der Waals surface area contributed by atoms with Crippen LogP contribution in [0, 0.1) is 12.8 Å². The molecule has 3 nitrogen and oxygen atoms in total. The summed E-state index contributed by atoms with van der Waals surface area (Å²) < 4.78 is 0. The van der Waals surface area contributed by atoms with E-state index in [0.717, 1.165) is 18.5 Å². The van der Waals surface area contributed by atoms with Gasteiger partial charge < -0.3 is 5.32 Å². The van der Waals surface area contributed by atoms with Gasteiger partial charge in [0.1, 0.15) is 0 Å². The smallest absolute Gasteiger partial charge is 0.0897 e. The lowest BCUT2D eigenvalue weighted by Crippen LogP contribution is -2.43. The predicted octanol–water partition coefficient (Wildman–Crippen LogP) is 1.64. The lowest BCUT2D eigenvalue weighted by Gasteiger charge is -2.34. The number of nitrogens with zero attached hydrogens (tertiary/aromatic N) is 2. The van der Waals surface area contributed by atoms with Crippen LogP contribution in [-0.2, 0) is 6.54 Å². The molecule has 0 saturated carbocycles. The van der Waals surface area contributed by atoms with E-state index < -0.39 is 0 Å². The summed E-state index contributed by atoms with van der Waals surface area (Å²) in [5, 5.41) is 4.80. The molecule has 0 bridgehead atoms. The molecule has 2 fully saturated rings. The molecule has 16 heavy (non-hydrogen) atoms. The first kappa shape index (κ1) is 10.7. The Bertz CT molecular complexity index is 363.